The maximum Gasteiger partial charge on any atom is 1.00 e. The van der Waals surface area contributed by atoms with E-state index in [0.29, 0.717) is 19.4 Å². The van der Waals surface area contributed by atoms with Gasteiger partial charge in [-0.3, -0.25) is 4.79 Å². The van der Waals surface area contributed by atoms with Gasteiger partial charge in [0.1, 0.15) is 0 Å². The van der Waals surface area contributed by atoms with Crippen molar-refractivity contribution in [1.29, 1.82) is 0 Å². The molecule has 0 aromatic carbocycles. The molecule has 0 spiro atoms. The van der Waals surface area contributed by atoms with Crippen molar-refractivity contribution in [3.05, 3.63) is 12.2 Å². The second-order valence-electron chi connectivity index (χ2n) is 9.28. The van der Waals surface area contributed by atoms with Crippen LogP contribution in [0, 0.1) is 11.8 Å². The zero-order chi connectivity index (χ0) is 22.6. The minimum absolute atomic E-state index is 0. The Morgan fingerprint density at radius 1 is 0.750 bits per heavy atom. The molecule has 4 nitrogen and oxygen atoms in total. The molecule has 180 valence electrons. The zero-order valence-electron chi connectivity index (χ0n) is 21.1. The van der Waals surface area contributed by atoms with Gasteiger partial charge in [-0.05, 0) is 38.5 Å². The van der Waals surface area contributed by atoms with E-state index < -0.39 is 17.8 Å². The predicted molar refractivity (Wildman–Crippen MR) is 125 cm³/mol. The van der Waals surface area contributed by atoms with Gasteiger partial charge in [0.05, 0.1) is 12.5 Å². The van der Waals surface area contributed by atoms with E-state index in [4.69, 9.17) is 4.74 Å². The maximum absolute atomic E-state index is 12.2. The molecule has 0 heterocycles. The molecule has 0 bridgehead atoms. The average molecular weight is 459 g/mol. The number of carboxylic acid groups (broad SMARTS) is 1. The Morgan fingerprint density at radius 3 is 1.75 bits per heavy atom. The zero-order valence-corrected chi connectivity index (χ0v) is 23.1. The van der Waals surface area contributed by atoms with Crippen molar-refractivity contribution in [3.63, 3.8) is 0 Å². The summed E-state index contributed by atoms with van der Waals surface area (Å²) in [5, 5.41) is 11.2. The Hall–Kier alpha value is -0.320. The van der Waals surface area contributed by atoms with Gasteiger partial charge in [-0.15, -0.1) is 0 Å². The van der Waals surface area contributed by atoms with Crippen molar-refractivity contribution in [3.8, 4) is 0 Å². The fraction of sp³-hybridized carbons (Fsp3) is 0.852. The molecule has 2 atom stereocenters. The summed E-state index contributed by atoms with van der Waals surface area (Å²) in [6, 6.07) is 0. The fourth-order valence-electron chi connectivity index (χ4n) is 4.51. The van der Waals surface area contributed by atoms with Gasteiger partial charge in [-0.1, -0.05) is 103 Å². The molecule has 1 aliphatic carbocycles. The van der Waals surface area contributed by atoms with E-state index in [-0.39, 0.29) is 35.5 Å². The Kier molecular flexibility index (Phi) is 22.2. The average Bonchev–Trinajstić information content (AvgIpc) is 2.78. The number of ether oxygens (including phenoxy) is 1. The summed E-state index contributed by atoms with van der Waals surface area (Å²) in [7, 11) is 0. The van der Waals surface area contributed by atoms with Crippen LogP contribution < -0.4 is 34.7 Å². The molecule has 1 saturated carbocycles. The quantitative estimate of drug-likeness (QED) is 0.129. The molecular formula is C27H47NaO4. The van der Waals surface area contributed by atoms with Crippen LogP contribution in [0.1, 0.15) is 129 Å². The van der Waals surface area contributed by atoms with Crippen LogP contribution in [0.15, 0.2) is 12.2 Å². The van der Waals surface area contributed by atoms with Crippen LogP contribution in [0.3, 0.4) is 0 Å². The van der Waals surface area contributed by atoms with Crippen molar-refractivity contribution in [2.75, 3.05) is 6.61 Å². The monoisotopic (exact) mass is 458 g/mol. The van der Waals surface area contributed by atoms with Gasteiger partial charge < -0.3 is 14.6 Å². The molecule has 0 N–H and O–H groups in total. The summed E-state index contributed by atoms with van der Waals surface area (Å²) in [5.41, 5.74) is 0. The third-order valence-corrected chi connectivity index (χ3v) is 6.50. The number of hydrogen-bond donors (Lipinski definition) is 0. The Morgan fingerprint density at radius 2 is 1.22 bits per heavy atom. The SMILES string of the molecule is CCC/C=C/CCCCCCCCCCCCCCOC(=O)C1CCCCC1C(=O)[O-].[Na+]. The third kappa shape index (κ3) is 16.3. The maximum atomic E-state index is 12.2. The van der Waals surface area contributed by atoms with Gasteiger partial charge in [0.15, 0.2) is 0 Å². The molecule has 1 rings (SSSR count). The van der Waals surface area contributed by atoms with E-state index in [1.165, 1.54) is 83.5 Å². The first-order valence-corrected chi connectivity index (χ1v) is 13.2. The molecule has 5 heteroatoms. The van der Waals surface area contributed by atoms with Crippen LogP contribution in [-0.2, 0) is 14.3 Å². The summed E-state index contributed by atoms with van der Waals surface area (Å²) in [6.45, 7) is 2.64. The number of carboxylic acids is 1. The fourth-order valence-corrected chi connectivity index (χ4v) is 4.51. The van der Waals surface area contributed by atoms with Crippen molar-refractivity contribution >= 4 is 11.9 Å². The normalized spacial score (nSPS) is 18.4. The summed E-state index contributed by atoms with van der Waals surface area (Å²) in [5.74, 6) is -2.59. The van der Waals surface area contributed by atoms with Crippen LogP contribution in [0.5, 0.6) is 0 Å². The molecule has 0 aromatic rings. The van der Waals surface area contributed by atoms with E-state index in [1.54, 1.807) is 0 Å². The number of rotatable bonds is 19. The molecule has 1 fully saturated rings. The summed E-state index contributed by atoms with van der Waals surface area (Å²) >= 11 is 0. The minimum Gasteiger partial charge on any atom is -0.550 e. The van der Waals surface area contributed by atoms with Crippen LogP contribution >= 0.6 is 0 Å². The van der Waals surface area contributed by atoms with E-state index in [9.17, 15) is 14.7 Å². The molecule has 0 radical (unpaired) electrons. The molecule has 0 aromatic heterocycles. The minimum atomic E-state index is -1.10. The Labute approximate surface area is 219 Å². The van der Waals surface area contributed by atoms with Gasteiger partial charge in [0.2, 0.25) is 0 Å². The number of unbranched alkanes of at least 4 members (excludes halogenated alkanes) is 13. The topological polar surface area (TPSA) is 66.4 Å². The second kappa shape index (κ2) is 22.5. The largest absolute Gasteiger partial charge is 1.00 e. The molecule has 0 aliphatic heterocycles. The predicted octanol–water partition coefficient (Wildman–Crippen LogP) is 3.52. The molecule has 0 saturated heterocycles. The van der Waals surface area contributed by atoms with Crippen LogP contribution in [0.4, 0.5) is 0 Å². The van der Waals surface area contributed by atoms with Crippen molar-refractivity contribution in [1.82, 2.24) is 0 Å². The summed E-state index contributed by atoms with van der Waals surface area (Å²) < 4.78 is 5.35. The van der Waals surface area contributed by atoms with Crippen LogP contribution in [0.25, 0.3) is 0 Å². The molecule has 1 aliphatic rings. The van der Waals surface area contributed by atoms with E-state index in [1.807, 2.05) is 0 Å². The first kappa shape index (κ1) is 31.7. The van der Waals surface area contributed by atoms with E-state index >= 15 is 0 Å². The number of hydrogen-bond acceptors (Lipinski definition) is 4. The third-order valence-electron chi connectivity index (χ3n) is 6.50. The van der Waals surface area contributed by atoms with E-state index in [0.717, 1.165) is 25.7 Å². The molecule has 0 amide bonds. The van der Waals surface area contributed by atoms with Crippen molar-refractivity contribution in [2.45, 2.75) is 129 Å². The van der Waals surface area contributed by atoms with Gasteiger partial charge in [0.25, 0.3) is 0 Å². The van der Waals surface area contributed by atoms with E-state index in [2.05, 4.69) is 19.1 Å². The smallest absolute Gasteiger partial charge is 0.550 e. The van der Waals surface area contributed by atoms with Gasteiger partial charge in [-0.25, -0.2) is 0 Å². The van der Waals surface area contributed by atoms with Crippen molar-refractivity contribution < 1.29 is 49.0 Å². The van der Waals surface area contributed by atoms with Crippen molar-refractivity contribution in [2.24, 2.45) is 11.8 Å². The Bertz CT molecular complexity index is 492. The number of esters is 1. The molecule has 32 heavy (non-hydrogen) atoms. The number of carbonyl (C=O) groups excluding carboxylic acids is 2. The van der Waals surface area contributed by atoms with Gasteiger partial charge in [0, 0.05) is 11.9 Å². The van der Waals surface area contributed by atoms with Gasteiger partial charge in [-0.2, -0.15) is 0 Å². The summed E-state index contributed by atoms with van der Waals surface area (Å²) in [4.78, 5) is 23.4. The van der Waals surface area contributed by atoms with Crippen LogP contribution in [-0.4, -0.2) is 18.5 Å². The standard InChI is InChI=1S/C27H48O4.Na/c1-2-3-4-5-6-7-8-9-10-11-12-13-14-15-16-17-20-23-31-27(30)25-22-19-18-21-24(25)26(28)29;/h4-5,24-25H,2-3,6-23H2,1H3,(H,28,29);/q;+1/p-1/b5-4+;. The summed E-state index contributed by atoms with van der Waals surface area (Å²) in [6.07, 6.45) is 26.5. The number of allylic oxidation sites excluding steroid dienone is 2. The molecular weight excluding hydrogens is 411 g/mol. The van der Waals surface area contributed by atoms with Crippen LogP contribution in [0.2, 0.25) is 0 Å². The second-order valence-corrected chi connectivity index (χ2v) is 9.28. The first-order valence-electron chi connectivity index (χ1n) is 13.2. The Balaban J connectivity index is 0.00000961. The first-order chi connectivity index (χ1) is 15.2. The number of carbonyl (C=O) groups is 2. The van der Waals surface area contributed by atoms with Gasteiger partial charge >= 0.3 is 35.5 Å². The molecule has 2 unspecified atom stereocenters. The number of aliphatic carboxylic acids is 1.